The fourth-order valence-electron chi connectivity index (χ4n) is 0.561. The van der Waals surface area contributed by atoms with Gasteiger partial charge in [-0.05, 0) is 13.6 Å². The van der Waals surface area contributed by atoms with Crippen molar-refractivity contribution in [2.75, 3.05) is 20.1 Å². The summed E-state index contributed by atoms with van der Waals surface area (Å²) in [4.78, 5) is 11.7. The topological polar surface area (TPSA) is 71.1 Å². The van der Waals surface area contributed by atoms with E-state index in [2.05, 4.69) is 10.3 Å². The van der Waals surface area contributed by atoms with Gasteiger partial charge < -0.3 is 15.0 Å². The standard InChI is InChI=1S/C6H13N4O2/c1-3-9(2)6-4-5-7-8-10(11)12/h6H,3-5H2,1-2H3. The number of nitrogens with zero attached hydrogens (tertiary/aromatic N) is 4. The molecule has 0 aromatic heterocycles. The molecule has 0 spiro atoms. The van der Waals surface area contributed by atoms with Crippen molar-refractivity contribution in [3.05, 3.63) is 16.7 Å². The van der Waals surface area contributed by atoms with Gasteiger partial charge in [-0.25, -0.2) is 0 Å². The average molecular weight is 173 g/mol. The second-order valence-corrected chi connectivity index (χ2v) is 2.24. The van der Waals surface area contributed by atoms with Crippen molar-refractivity contribution in [2.45, 2.75) is 13.3 Å². The van der Waals surface area contributed by atoms with E-state index in [9.17, 15) is 10.1 Å². The van der Waals surface area contributed by atoms with E-state index in [0.717, 1.165) is 6.54 Å². The van der Waals surface area contributed by atoms with Gasteiger partial charge in [-0.2, -0.15) is 0 Å². The largest absolute Gasteiger partial charge is 0.337 e. The zero-order valence-electron chi connectivity index (χ0n) is 7.30. The highest BCUT2D eigenvalue weighted by atomic mass is 16.7. The van der Waals surface area contributed by atoms with E-state index < -0.39 is 5.03 Å². The van der Waals surface area contributed by atoms with Crippen LogP contribution in [0.2, 0.25) is 0 Å². The summed E-state index contributed by atoms with van der Waals surface area (Å²) in [5, 5.41) is 15.0. The van der Waals surface area contributed by atoms with E-state index in [1.807, 2.05) is 25.4 Å². The van der Waals surface area contributed by atoms with Crippen molar-refractivity contribution < 1.29 is 5.03 Å². The Bertz CT molecular complexity index is 160. The van der Waals surface area contributed by atoms with Gasteiger partial charge in [0.1, 0.15) is 0 Å². The highest BCUT2D eigenvalue weighted by molar-refractivity contribution is 4.63. The minimum absolute atomic E-state index is 0.366. The second kappa shape index (κ2) is 6.66. The first-order chi connectivity index (χ1) is 5.66. The Labute approximate surface area is 71.4 Å². The third-order valence-corrected chi connectivity index (χ3v) is 1.30. The first kappa shape index (κ1) is 11.0. The van der Waals surface area contributed by atoms with Crippen LogP contribution in [0.5, 0.6) is 0 Å². The minimum Gasteiger partial charge on any atom is -0.337 e. The van der Waals surface area contributed by atoms with Crippen LogP contribution in [-0.2, 0) is 0 Å². The van der Waals surface area contributed by atoms with E-state index in [-0.39, 0.29) is 0 Å². The van der Waals surface area contributed by atoms with Crippen LogP contribution >= 0.6 is 0 Å². The summed E-state index contributed by atoms with van der Waals surface area (Å²) in [7, 11) is 1.94. The van der Waals surface area contributed by atoms with Crippen molar-refractivity contribution >= 4 is 0 Å². The smallest absolute Gasteiger partial charge is 0.177 e. The monoisotopic (exact) mass is 173 g/mol. The molecule has 6 heteroatoms. The molecule has 0 N–H and O–H groups in total. The average Bonchev–Trinajstić information content (AvgIpc) is 2.03. The van der Waals surface area contributed by atoms with E-state index in [0.29, 0.717) is 13.0 Å². The zero-order valence-corrected chi connectivity index (χ0v) is 7.30. The molecule has 0 aliphatic heterocycles. The Kier molecular flexibility index (Phi) is 6.08. The molecule has 0 aromatic carbocycles. The summed E-state index contributed by atoms with van der Waals surface area (Å²) in [6.07, 6.45) is 0.682. The maximum absolute atomic E-state index is 9.68. The Morgan fingerprint density at radius 2 is 2.33 bits per heavy atom. The van der Waals surface area contributed by atoms with Gasteiger partial charge in [0.05, 0.1) is 5.03 Å². The first-order valence-electron chi connectivity index (χ1n) is 3.72. The molecule has 12 heavy (non-hydrogen) atoms. The number of hydrogen-bond donors (Lipinski definition) is 0. The second-order valence-electron chi connectivity index (χ2n) is 2.24. The van der Waals surface area contributed by atoms with Crippen LogP contribution < -0.4 is 0 Å². The predicted molar refractivity (Wildman–Crippen MR) is 43.9 cm³/mol. The van der Waals surface area contributed by atoms with Crippen LogP contribution in [0.15, 0.2) is 10.3 Å². The Hall–Kier alpha value is -1.04. The van der Waals surface area contributed by atoms with E-state index >= 15 is 0 Å². The SMILES string of the molecule is CCN(C)[CH]CCN=N[N+](=O)[O-]. The van der Waals surface area contributed by atoms with Crippen LogP contribution in [0, 0.1) is 16.7 Å². The summed E-state index contributed by atoms with van der Waals surface area (Å²) in [5.41, 5.74) is 0. The Morgan fingerprint density at radius 3 is 2.83 bits per heavy atom. The highest BCUT2D eigenvalue weighted by Crippen LogP contribution is 1.93. The van der Waals surface area contributed by atoms with Crippen molar-refractivity contribution in [3.8, 4) is 0 Å². The molecule has 0 amide bonds. The van der Waals surface area contributed by atoms with Gasteiger partial charge in [-0.3, -0.25) is 0 Å². The summed E-state index contributed by atoms with van der Waals surface area (Å²) < 4.78 is 0. The Morgan fingerprint density at radius 1 is 1.67 bits per heavy atom. The molecule has 0 aliphatic rings. The van der Waals surface area contributed by atoms with Crippen LogP contribution in [0.1, 0.15) is 13.3 Å². The summed E-state index contributed by atoms with van der Waals surface area (Å²) in [5.74, 6) is 0. The lowest BCUT2D eigenvalue weighted by atomic mass is 10.4. The van der Waals surface area contributed by atoms with E-state index in [1.165, 1.54) is 0 Å². The number of rotatable bonds is 6. The van der Waals surface area contributed by atoms with Gasteiger partial charge >= 0.3 is 0 Å². The molecule has 0 saturated heterocycles. The lowest BCUT2D eigenvalue weighted by Gasteiger charge is -2.09. The van der Waals surface area contributed by atoms with Gasteiger partial charge in [-0.1, -0.05) is 6.92 Å². The molecule has 0 aromatic rings. The maximum Gasteiger partial charge on any atom is 0.177 e. The Balaban J connectivity index is 3.26. The predicted octanol–water partition coefficient (Wildman–Crippen LogP) is 1.13. The molecule has 0 saturated carbocycles. The highest BCUT2D eigenvalue weighted by Gasteiger charge is 1.96. The molecular weight excluding hydrogens is 160 g/mol. The summed E-state index contributed by atoms with van der Waals surface area (Å²) in [6.45, 7) is 5.24. The van der Waals surface area contributed by atoms with Gasteiger partial charge in [0.25, 0.3) is 0 Å². The van der Waals surface area contributed by atoms with Gasteiger partial charge in [-0.15, -0.1) is 0 Å². The van der Waals surface area contributed by atoms with Gasteiger partial charge in [0.2, 0.25) is 0 Å². The summed E-state index contributed by atoms with van der Waals surface area (Å²) in [6, 6.07) is 0. The molecule has 0 heterocycles. The fourth-order valence-corrected chi connectivity index (χ4v) is 0.561. The third-order valence-electron chi connectivity index (χ3n) is 1.30. The van der Waals surface area contributed by atoms with Crippen molar-refractivity contribution in [1.82, 2.24) is 4.90 Å². The number of nitro groups is 1. The molecule has 0 atom stereocenters. The van der Waals surface area contributed by atoms with Crippen molar-refractivity contribution in [2.24, 2.45) is 10.3 Å². The van der Waals surface area contributed by atoms with E-state index in [1.54, 1.807) is 0 Å². The quantitative estimate of drug-likeness (QED) is 0.261. The molecule has 0 bridgehead atoms. The molecule has 6 nitrogen and oxygen atoms in total. The van der Waals surface area contributed by atoms with Crippen LogP contribution in [0.3, 0.4) is 0 Å². The number of hydrogen-bond acceptors (Lipinski definition) is 4. The zero-order chi connectivity index (χ0) is 9.40. The van der Waals surface area contributed by atoms with E-state index in [4.69, 9.17) is 0 Å². The van der Waals surface area contributed by atoms with Crippen molar-refractivity contribution in [3.63, 3.8) is 0 Å². The molecule has 0 fully saturated rings. The van der Waals surface area contributed by atoms with Crippen molar-refractivity contribution in [1.29, 1.82) is 0 Å². The van der Waals surface area contributed by atoms with Gasteiger partial charge in [0, 0.05) is 18.1 Å². The molecule has 1 radical (unpaired) electrons. The third kappa shape index (κ3) is 7.07. The molecular formula is C6H13N4O2. The fraction of sp³-hybridized carbons (Fsp3) is 0.833. The summed E-state index contributed by atoms with van der Waals surface area (Å²) >= 11 is 0. The molecule has 0 rings (SSSR count). The maximum atomic E-state index is 9.68. The van der Waals surface area contributed by atoms with Gasteiger partial charge in [0.15, 0.2) is 11.8 Å². The molecule has 69 valence electrons. The van der Waals surface area contributed by atoms with Crippen LogP contribution in [0.4, 0.5) is 0 Å². The minimum atomic E-state index is -0.802. The van der Waals surface area contributed by atoms with Crippen LogP contribution in [0.25, 0.3) is 0 Å². The molecule has 0 unspecified atom stereocenters. The first-order valence-corrected chi connectivity index (χ1v) is 3.72. The normalized spacial score (nSPS) is 11.2. The lowest BCUT2D eigenvalue weighted by molar-refractivity contribution is -0.494. The lowest BCUT2D eigenvalue weighted by Crippen LogP contribution is -2.14. The molecule has 0 aliphatic carbocycles. The van der Waals surface area contributed by atoms with Crippen LogP contribution in [-0.4, -0.2) is 30.1 Å².